The normalized spacial score (nSPS) is 23.5. The van der Waals surface area contributed by atoms with Crippen molar-refractivity contribution >= 4 is 23.3 Å². The molecule has 4 atom stereocenters. The van der Waals surface area contributed by atoms with E-state index in [1.54, 1.807) is 38.4 Å². The van der Waals surface area contributed by atoms with E-state index in [2.05, 4.69) is 10.6 Å². The third-order valence-electron chi connectivity index (χ3n) is 5.78. The number of ether oxygens (including phenoxy) is 2. The maximum Gasteiger partial charge on any atom is 0.323 e. The van der Waals surface area contributed by atoms with Gasteiger partial charge in [-0.3, -0.25) is 4.79 Å². The number of anilines is 2. The first kappa shape index (κ1) is 22.0. The van der Waals surface area contributed by atoms with E-state index in [4.69, 9.17) is 9.47 Å². The molecular weight excluding hydrogens is 417 g/mol. The minimum atomic E-state index is -0.569. The Kier molecular flexibility index (Phi) is 6.29. The van der Waals surface area contributed by atoms with Crippen molar-refractivity contribution in [3.63, 3.8) is 0 Å². The average Bonchev–Trinajstić information content (AvgIpc) is 3.12. The van der Waals surface area contributed by atoms with E-state index in [-0.39, 0.29) is 42.7 Å². The van der Waals surface area contributed by atoms with Gasteiger partial charge in [-0.25, -0.2) is 9.18 Å². The summed E-state index contributed by atoms with van der Waals surface area (Å²) in [4.78, 5) is 26.0. The van der Waals surface area contributed by atoms with Crippen LogP contribution in [0.5, 0.6) is 5.75 Å². The molecule has 32 heavy (non-hydrogen) atoms. The van der Waals surface area contributed by atoms with E-state index in [0.29, 0.717) is 17.9 Å². The van der Waals surface area contributed by atoms with Crippen LogP contribution in [-0.2, 0) is 9.53 Å². The predicted octanol–water partition coefficient (Wildman–Crippen LogP) is 2.94. The summed E-state index contributed by atoms with van der Waals surface area (Å²) < 4.78 is 25.7. The molecule has 170 valence electrons. The monoisotopic (exact) mass is 443 g/mol. The number of carbonyl (C=O) groups is 2. The van der Waals surface area contributed by atoms with Crippen molar-refractivity contribution in [2.45, 2.75) is 37.1 Å². The topological polar surface area (TPSA) is 100 Å². The summed E-state index contributed by atoms with van der Waals surface area (Å²) >= 11 is 0. The van der Waals surface area contributed by atoms with Crippen molar-refractivity contribution in [1.82, 2.24) is 4.90 Å². The van der Waals surface area contributed by atoms with Crippen molar-refractivity contribution in [1.29, 1.82) is 0 Å². The Labute approximate surface area is 185 Å². The number of halogens is 1. The van der Waals surface area contributed by atoms with Gasteiger partial charge in [0.05, 0.1) is 24.8 Å². The molecule has 2 aliphatic rings. The van der Waals surface area contributed by atoms with Crippen LogP contribution in [0.2, 0.25) is 0 Å². The molecule has 0 radical (unpaired) electrons. The van der Waals surface area contributed by atoms with Gasteiger partial charge < -0.3 is 30.1 Å². The second-order valence-electron chi connectivity index (χ2n) is 8.21. The number of benzene rings is 2. The van der Waals surface area contributed by atoms with Crippen molar-refractivity contribution in [3.05, 3.63) is 53.8 Å². The standard InChI is InChI=1S/C23H26FN3O5/c1-27(2)21(29)11-14-10-16-15-9-13(7-8-19(15)32-22(16)20(12-28)31-14)25-23(30)26-18-6-4-3-5-17(18)24/h3-9,14,16,20,22,28H,10-12H2,1-2H3,(H2,25,26,30)/t14-,16-,20-,22+/m1/s1. The summed E-state index contributed by atoms with van der Waals surface area (Å²) in [5.41, 5.74) is 1.48. The third kappa shape index (κ3) is 4.53. The smallest absolute Gasteiger partial charge is 0.323 e. The van der Waals surface area contributed by atoms with Gasteiger partial charge in [-0.15, -0.1) is 0 Å². The molecule has 0 unspecified atom stereocenters. The Morgan fingerprint density at radius 2 is 1.97 bits per heavy atom. The first-order valence-electron chi connectivity index (χ1n) is 10.4. The first-order chi connectivity index (χ1) is 15.4. The van der Waals surface area contributed by atoms with E-state index in [1.165, 1.54) is 17.0 Å². The van der Waals surface area contributed by atoms with Crippen LogP contribution >= 0.6 is 0 Å². The number of para-hydroxylation sites is 1. The molecule has 2 heterocycles. The Bertz CT molecular complexity index is 1010. The summed E-state index contributed by atoms with van der Waals surface area (Å²) in [6.45, 7) is -0.224. The molecule has 1 saturated heterocycles. The molecule has 3 N–H and O–H groups in total. The van der Waals surface area contributed by atoms with Crippen LogP contribution in [-0.4, -0.2) is 61.0 Å². The van der Waals surface area contributed by atoms with Crippen molar-refractivity contribution < 1.29 is 28.6 Å². The van der Waals surface area contributed by atoms with Gasteiger partial charge in [0.2, 0.25) is 5.91 Å². The molecule has 0 bridgehead atoms. The van der Waals surface area contributed by atoms with Crippen LogP contribution in [0.4, 0.5) is 20.6 Å². The fraction of sp³-hybridized carbons (Fsp3) is 0.391. The Morgan fingerprint density at radius 1 is 1.19 bits per heavy atom. The van der Waals surface area contributed by atoms with Crippen molar-refractivity contribution in [3.8, 4) is 5.75 Å². The highest BCUT2D eigenvalue weighted by Crippen LogP contribution is 2.47. The molecule has 9 heteroatoms. The quantitative estimate of drug-likeness (QED) is 0.660. The van der Waals surface area contributed by atoms with Crippen molar-refractivity contribution in [2.24, 2.45) is 0 Å². The second kappa shape index (κ2) is 9.13. The van der Waals surface area contributed by atoms with Crippen LogP contribution in [0, 0.1) is 5.82 Å². The Morgan fingerprint density at radius 3 is 2.69 bits per heavy atom. The highest BCUT2D eigenvalue weighted by atomic mass is 19.1. The molecule has 3 amide bonds. The van der Waals surface area contributed by atoms with Crippen molar-refractivity contribution in [2.75, 3.05) is 31.3 Å². The summed E-state index contributed by atoms with van der Waals surface area (Å²) in [7, 11) is 3.38. The average molecular weight is 443 g/mol. The van der Waals surface area contributed by atoms with Gasteiger partial charge in [-0.2, -0.15) is 0 Å². The number of urea groups is 1. The molecule has 4 rings (SSSR count). The SMILES string of the molecule is CN(C)C(=O)C[C@H]1C[C@@H]2c3cc(NC(=O)Nc4ccccc4F)ccc3O[C@@H]2[C@@H](CO)O1. The molecule has 0 aromatic heterocycles. The van der Waals surface area contributed by atoms with E-state index < -0.39 is 18.0 Å². The fourth-order valence-electron chi connectivity index (χ4n) is 4.19. The predicted molar refractivity (Wildman–Crippen MR) is 116 cm³/mol. The number of carbonyl (C=O) groups excluding carboxylic acids is 2. The number of hydrogen-bond acceptors (Lipinski definition) is 5. The molecular formula is C23H26FN3O5. The van der Waals surface area contributed by atoms with E-state index in [0.717, 1.165) is 5.56 Å². The molecule has 2 aromatic rings. The minimum Gasteiger partial charge on any atom is -0.487 e. The molecule has 8 nitrogen and oxygen atoms in total. The second-order valence-corrected chi connectivity index (χ2v) is 8.21. The summed E-state index contributed by atoms with van der Waals surface area (Å²) in [5.74, 6) is -0.0122. The van der Waals surface area contributed by atoms with Gasteiger partial charge in [0.25, 0.3) is 0 Å². The van der Waals surface area contributed by atoms with Gasteiger partial charge in [-0.1, -0.05) is 12.1 Å². The van der Waals surface area contributed by atoms with E-state index in [9.17, 15) is 19.1 Å². The number of rotatable bonds is 5. The number of fused-ring (bicyclic) bond motifs is 3. The lowest BCUT2D eigenvalue weighted by atomic mass is 9.84. The van der Waals surface area contributed by atoms with Gasteiger partial charge in [-0.05, 0) is 36.8 Å². The lowest BCUT2D eigenvalue weighted by Crippen LogP contribution is -2.47. The fourth-order valence-corrected chi connectivity index (χ4v) is 4.19. The molecule has 0 aliphatic carbocycles. The van der Waals surface area contributed by atoms with Crippen LogP contribution in [0.3, 0.4) is 0 Å². The zero-order valence-electron chi connectivity index (χ0n) is 17.9. The first-order valence-corrected chi connectivity index (χ1v) is 10.4. The molecule has 2 aliphatic heterocycles. The number of aliphatic hydroxyl groups excluding tert-OH is 1. The maximum atomic E-state index is 13.8. The maximum absolute atomic E-state index is 13.8. The van der Waals surface area contributed by atoms with Crippen LogP contribution < -0.4 is 15.4 Å². The van der Waals surface area contributed by atoms with Gasteiger partial charge in [0.1, 0.15) is 23.8 Å². The number of nitrogens with one attached hydrogen (secondary N) is 2. The number of amides is 3. The Hall–Kier alpha value is -3.17. The highest BCUT2D eigenvalue weighted by molar-refractivity contribution is 5.99. The molecule has 2 aromatic carbocycles. The Balaban J connectivity index is 1.49. The largest absolute Gasteiger partial charge is 0.487 e. The number of aliphatic hydroxyl groups is 1. The third-order valence-corrected chi connectivity index (χ3v) is 5.78. The zero-order valence-corrected chi connectivity index (χ0v) is 17.9. The van der Waals surface area contributed by atoms with Gasteiger partial charge in [0.15, 0.2) is 0 Å². The van der Waals surface area contributed by atoms with Crippen LogP contribution in [0.15, 0.2) is 42.5 Å². The summed E-state index contributed by atoms with van der Waals surface area (Å²) in [6.07, 6.45) is -0.507. The highest BCUT2D eigenvalue weighted by Gasteiger charge is 2.46. The number of nitrogens with zero attached hydrogens (tertiary/aromatic N) is 1. The lowest BCUT2D eigenvalue weighted by Gasteiger charge is -2.37. The summed E-state index contributed by atoms with van der Waals surface area (Å²) in [5, 5.41) is 15.0. The van der Waals surface area contributed by atoms with Gasteiger partial charge in [0, 0.05) is 31.3 Å². The van der Waals surface area contributed by atoms with Crippen LogP contribution in [0.25, 0.3) is 0 Å². The van der Waals surface area contributed by atoms with E-state index in [1.807, 2.05) is 6.07 Å². The molecule has 0 saturated carbocycles. The van der Waals surface area contributed by atoms with Crippen LogP contribution in [0.1, 0.15) is 24.3 Å². The molecule has 1 fully saturated rings. The number of hydrogen-bond donors (Lipinski definition) is 3. The summed E-state index contributed by atoms with van der Waals surface area (Å²) in [6, 6.07) is 10.6. The lowest BCUT2D eigenvalue weighted by molar-refractivity contribution is -0.147. The molecule has 0 spiro atoms. The minimum absolute atomic E-state index is 0.0514. The van der Waals surface area contributed by atoms with Gasteiger partial charge >= 0.3 is 6.03 Å². The zero-order chi connectivity index (χ0) is 22.8. The van der Waals surface area contributed by atoms with E-state index >= 15 is 0 Å².